The van der Waals surface area contributed by atoms with Crippen molar-refractivity contribution in [1.29, 1.82) is 0 Å². The number of hydrogen-bond donors (Lipinski definition) is 0. The molecule has 106 valence electrons. The van der Waals surface area contributed by atoms with Crippen molar-refractivity contribution < 1.29 is 21.6 Å². The zero-order chi connectivity index (χ0) is 13.4. The summed E-state index contributed by atoms with van der Waals surface area (Å²) in [6, 6.07) is 0. The van der Waals surface area contributed by atoms with Gasteiger partial charge in [-0.25, -0.2) is 12.7 Å². The van der Waals surface area contributed by atoms with Gasteiger partial charge in [0, 0.05) is 13.1 Å². The highest BCUT2D eigenvalue weighted by Gasteiger charge is 2.37. The molecular formula is C11H18F3NO2S. The Bertz CT molecular complexity index is 382. The van der Waals surface area contributed by atoms with Crippen LogP contribution in [-0.2, 0) is 10.0 Å². The van der Waals surface area contributed by atoms with Crippen LogP contribution < -0.4 is 0 Å². The van der Waals surface area contributed by atoms with Crippen LogP contribution >= 0.6 is 0 Å². The first-order valence-corrected chi connectivity index (χ1v) is 7.93. The molecule has 0 aromatic carbocycles. The quantitative estimate of drug-likeness (QED) is 0.795. The normalized spacial score (nSPS) is 24.4. The Morgan fingerprint density at radius 2 is 1.50 bits per heavy atom. The monoisotopic (exact) mass is 285 g/mol. The van der Waals surface area contributed by atoms with Crippen molar-refractivity contribution >= 4 is 10.0 Å². The van der Waals surface area contributed by atoms with E-state index >= 15 is 0 Å². The van der Waals surface area contributed by atoms with E-state index in [9.17, 15) is 21.6 Å². The molecule has 7 heteroatoms. The van der Waals surface area contributed by atoms with Crippen molar-refractivity contribution in [2.24, 2.45) is 11.8 Å². The van der Waals surface area contributed by atoms with Crippen LogP contribution in [0.3, 0.4) is 0 Å². The van der Waals surface area contributed by atoms with Crippen molar-refractivity contribution in [3.8, 4) is 0 Å². The zero-order valence-electron chi connectivity index (χ0n) is 10.1. The molecule has 18 heavy (non-hydrogen) atoms. The summed E-state index contributed by atoms with van der Waals surface area (Å²) in [6.07, 6.45) is -1.60. The Morgan fingerprint density at radius 1 is 1.00 bits per heavy atom. The lowest BCUT2D eigenvalue weighted by Gasteiger charge is -2.31. The fourth-order valence-electron chi connectivity index (χ4n) is 2.57. The Kier molecular flexibility index (Phi) is 3.92. The molecule has 1 saturated carbocycles. The Labute approximate surface area is 105 Å². The number of halogens is 3. The summed E-state index contributed by atoms with van der Waals surface area (Å²) in [7, 11) is -3.73. The molecule has 0 bridgehead atoms. The van der Waals surface area contributed by atoms with E-state index in [1.165, 1.54) is 17.1 Å². The fourth-order valence-corrected chi connectivity index (χ4v) is 4.08. The molecule has 0 spiro atoms. The third-order valence-electron chi connectivity index (χ3n) is 3.82. The molecule has 0 radical (unpaired) electrons. The number of rotatable bonds is 4. The Morgan fingerprint density at radius 3 is 1.94 bits per heavy atom. The molecule has 3 nitrogen and oxygen atoms in total. The summed E-state index contributed by atoms with van der Waals surface area (Å²) in [5.74, 6) is 0.508. The molecule has 2 aliphatic rings. The highest BCUT2D eigenvalue weighted by atomic mass is 32.2. The summed E-state index contributed by atoms with van der Waals surface area (Å²) in [6.45, 7) is 0.780. The third kappa shape index (κ3) is 3.85. The van der Waals surface area contributed by atoms with Crippen LogP contribution in [0.1, 0.15) is 32.1 Å². The van der Waals surface area contributed by atoms with Crippen LogP contribution in [0.2, 0.25) is 0 Å². The maximum Gasteiger partial charge on any atom is 0.390 e. The molecule has 2 fully saturated rings. The summed E-state index contributed by atoms with van der Waals surface area (Å²) in [5, 5.41) is 0. The molecule has 1 aliphatic carbocycles. The predicted molar refractivity (Wildman–Crippen MR) is 61.5 cm³/mol. The van der Waals surface area contributed by atoms with Crippen LogP contribution in [0.25, 0.3) is 0 Å². The van der Waals surface area contributed by atoms with Crippen molar-refractivity contribution in [2.75, 3.05) is 18.8 Å². The van der Waals surface area contributed by atoms with Crippen molar-refractivity contribution in [2.45, 2.75) is 38.3 Å². The maximum atomic E-state index is 12.0. The average molecular weight is 285 g/mol. The largest absolute Gasteiger partial charge is 0.390 e. The fraction of sp³-hybridized carbons (Fsp3) is 1.00. The van der Waals surface area contributed by atoms with Crippen molar-refractivity contribution in [3.05, 3.63) is 0 Å². The Hall–Kier alpha value is -0.300. The minimum atomic E-state index is -4.40. The average Bonchev–Trinajstić information content (AvgIpc) is 3.10. The smallest absolute Gasteiger partial charge is 0.212 e. The van der Waals surface area contributed by atoms with Gasteiger partial charge < -0.3 is 0 Å². The summed E-state index contributed by atoms with van der Waals surface area (Å²) >= 11 is 0. The Balaban J connectivity index is 1.83. The van der Waals surface area contributed by atoms with Crippen LogP contribution in [0.4, 0.5) is 13.2 Å². The van der Waals surface area contributed by atoms with Gasteiger partial charge in [-0.05, 0) is 37.5 Å². The van der Waals surface area contributed by atoms with E-state index in [1.54, 1.807) is 0 Å². The molecule has 1 aliphatic heterocycles. The lowest BCUT2D eigenvalue weighted by molar-refractivity contribution is -0.130. The summed E-state index contributed by atoms with van der Waals surface area (Å²) in [4.78, 5) is 0. The van der Waals surface area contributed by atoms with E-state index in [1.807, 2.05) is 0 Å². The van der Waals surface area contributed by atoms with E-state index in [0.29, 0.717) is 19.0 Å². The first-order valence-electron chi connectivity index (χ1n) is 6.32. The van der Waals surface area contributed by atoms with E-state index in [-0.39, 0.29) is 0 Å². The molecule has 0 amide bonds. The molecule has 2 rings (SSSR count). The number of piperidine rings is 1. The lowest BCUT2D eigenvalue weighted by Crippen LogP contribution is -2.40. The second-order valence-corrected chi connectivity index (χ2v) is 7.34. The lowest BCUT2D eigenvalue weighted by atomic mass is 9.93. The van der Waals surface area contributed by atoms with Gasteiger partial charge in [0.1, 0.15) is 0 Å². The van der Waals surface area contributed by atoms with Gasteiger partial charge in [0.05, 0.1) is 12.2 Å². The SMILES string of the molecule is O=S(=O)(CCC(F)(F)F)N1CCC(C2CC2)CC1. The summed E-state index contributed by atoms with van der Waals surface area (Å²) < 4.78 is 60.9. The number of nitrogens with zero attached hydrogens (tertiary/aromatic N) is 1. The minimum Gasteiger partial charge on any atom is -0.212 e. The van der Waals surface area contributed by atoms with Gasteiger partial charge in [0.25, 0.3) is 0 Å². The van der Waals surface area contributed by atoms with Gasteiger partial charge in [0.2, 0.25) is 10.0 Å². The summed E-state index contributed by atoms with van der Waals surface area (Å²) in [5.41, 5.74) is 0. The molecule has 1 saturated heterocycles. The third-order valence-corrected chi connectivity index (χ3v) is 5.70. The van der Waals surface area contributed by atoms with Crippen LogP contribution in [0.5, 0.6) is 0 Å². The van der Waals surface area contributed by atoms with E-state index in [4.69, 9.17) is 0 Å². The second kappa shape index (κ2) is 5.00. The van der Waals surface area contributed by atoms with E-state index in [0.717, 1.165) is 18.8 Å². The van der Waals surface area contributed by atoms with Crippen molar-refractivity contribution in [3.63, 3.8) is 0 Å². The maximum absolute atomic E-state index is 12.0. The van der Waals surface area contributed by atoms with Gasteiger partial charge in [-0.1, -0.05) is 0 Å². The molecule has 0 unspecified atom stereocenters. The van der Waals surface area contributed by atoms with Gasteiger partial charge in [0.15, 0.2) is 0 Å². The number of sulfonamides is 1. The van der Waals surface area contributed by atoms with Crippen LogP contribution in [0, 0.1) is 11.8 Å². The molecule has 0 N–H and O–H groups in total. The first kappa shape index (κ1) is 14.1. The van der Waals surface area contributed by atoms with Gasteiger partial charge in [-0.2, -0.15) is 13.2 Å². The number of alkyl halides is 3. The van der Waals surface area contributed by atoms with E-state index < -0.39 is 28.4 Å². The van der Waals surface area contributed by atoms with Gasteiger partial charge in [-0.3, -0.25) is 0 Å². The first-order chi connectivity index (χ1) is 8.28. The molecule has 0 aromatic rings. The highest BCUT2D eigenvalue weighted by Crippen LogP contribution is 2.42. The second-order valence-electron chi connectivity index (χ2n) is 5.26. The highest BCUT2D eigenvalue weighted by molar-refractivity contribution is 7.89. The van der Waals surface area contributed by atoms with Crippen LogP contribution in [0.15, 0.2) is 0 Å². The molecule has 0 atom stereocenters. The minimum absolute atomic E-state index is 0.390. The predicted octanol–water partition coefficient (Wildman–Crippen LogP) is 2.39. The zero-order valence-corrected chi connectivity index (χ0v) is 10.9. The number of hydrogen-bond acceptors (Lipinski definition) is 2. The van der Waals surface area contributed by atoms with Gasteiger partial charge in [-0.15, -0.1) is 0 Å². The molecular weight excluding hydrogens is 267 g/mol. The topological polar surface area (TPSA) is 37.4 Å². The standard InChI is InChI=1S/C11H18F3NO2S/c12-11(13,14)5-8-18(16,17)15-6-3-10(4-7-15)9-1-2-9/h9-10H,1-8H2. The van der Waals surface area contributed by atoms with Crippen LogP contribution in [-0.4, -0.2) is 37.7 Å². The van der Waals surface area contributed by atoms with Crippen molar-refractivity contribution in [1.82, 2.24) is 4.31 Å². The van der Waals surface area contributed by atoms with E-state index in [2.05, 4.69) is 0 Å². The molecule has 1 heterocycles. The molecule has 0 aromatic heterocycles. The van der Waals surface area contributed by atoms with Gasteiger partial charge >= 0.3 is 6.18 Å².